The van der Waals surface area contributed by atoms with E-state index in [1.165, 1.54) is 30.0 Å². The number of amides is 1. The molecule has 0 spiro atoms. The second-order valence-corrected chi connectivity index (χ2v) is 5.66. The van der Waals surface area contributed by atoms with Gasteiger partial charge < -0.3 is 15.2 Å². The zero-order valence-electron chi connectivity index (χ0n) is 10.8. The summed E-state index contributed by atoms with van der Waals surface area (Å²) in [6.07, 6.45) is 0.325. The maximum atomic E-state index is 12.1. The highest BCUT2D eigenvalue weighted by molar-refractivity contribution is 7.99. The van der Waals surface area contributed by atoms with E-state index in [0.717, 1.165) is 6.07 Å². The molecule has 0 aromatic heterocycles. The molecule has 8 heteroatoms. The Morgan fingerprint density at radius 2 is 2.19 bits per heavy atom. The van der Waals surface area contributed by atoms with Gasteiger partial charge in [-0.3, -0.25) is 4.79 Å². The molecule has 1 aromatic rings. The molecule has 0 saturated carbocycles. The van der Waals surface area contributed by atoms with Gasteiger partial charge in [0.2, 0.25) is 0 Å². The highest BCUT2D eigenvalue weighted by atomic mass is 32.2. The van der Waals surface area contributed by atoms with Crippen molar-refractivity contribution in [2.24, 2.45) is 0 Å². The van der Waals surface area contributed by atoms with Crippen LogP contribution in [-0.4, -0.2) is 40.6 Å². The molecule has 0 aliphatic carbocycles. The first-order valence-corrected chi connectivity index (χ1v) is 7.27. The predicted octanol–water partition coefficient (Wildman–Crippen LogP) is 1.98. The highest BCUT2D eigenvalue weighted by Crippen LogP contribution is 2.29. The smallest absolute Gasteiger partial charge is 0.387 e. The lowest BCUT2D eigenvalue weighted by Gasteiger charge is -2.24. The number of thioether (sulfide) groups is 1. The summed E-state index contributed by atoms with van der Waals surface area (Å²) in [6.45, 7) is -2.99. The molecule has 0 radical (unpaired) electrons. The second-order valence-electron chi connectivity index (χ2n) is 4.55. The van der Waals surface area contributed by atoms with E-state index >= 15 is 0 Å². The number of hydrogen-bond acceptors (Lipinski definition) is 4. The van der Waals surface area contributed by atoms with Crippen molar-refractivity contribution in [3.63, 3.8) is 0 Å². The number of alkyl halides is 2. The fraction of sp³-hybridized carbons (Fsp3) is 0.385. The summed E-state index contributed by atoms with van der Waals surface area (Å²) >= 11 is 1.44. The maximum absolute atomic E-state index is 12.1. The van der Waals surface area contributed by atoms with E-state index < -0.39 is 24.0 Å². The Morgan fingerprint density at radius 1 is 1.43 bits per heavy atom. The van der Waals surface area contributed by atoms with Crippen molar-refractivity contribution in [2.45, 2.75) is 18.6 Å². The Labute approximate surface area is 123 Å². The van der Waals surface area contributed by atoms with Gasteiger partial charge in [0, 0.05) is 11.3 Å². The van der Waals surface area contributed by atoms with Gasteiger partial charge >= 0.3 is 12.6 Å². The van der Waals surface area contributed by atoms with Crippen LogP contribution >= 0.6 is 11.8 Å². The van der Waals surface area contributed by atoms with E-state index in [-0.39, 0.29) is 17.1 Å². The van der Waals surface area contributed by atoms with Crippen LogP contribution < -0.4 is 10.1 Å². The Bertz CT molecular complexity index is 547. The van der Waals surface area contributed by atoms with Gasteiger partial charge in [0.1, 0.15) is 11.3 Å². The number of carboxylic acids is 1. The molecular weight excluding hydrogens is 304 g/mol. The summed E-state index contributed by atoms with van der Waals surface area (Å²) < 4.78 is 28.5. The summed E-state index contributed by atoms with van der Waals surface area (Å²) in [5.74, 6) is -0.953. The lowest BCUT2D eigenvalue weighted by Crippen LogP contribution is -2.54. The van der Waals surface area contributed by atoms with Gasteiger partial charge in [0.05, 0.1) is 0 Å². The van der Waals surface area contributed by atoms with E-state index in [1.54, 1.807) is 0 Å². The fourth-order valence-electron chi connectivity index (χ4n) is 1.99. The molecule has 1 unspecified atom stereocenters. The topological polar surface area (TPSA) is 75.6 Å². The first-order valence-electron chi connectivity index (χ1n) is 6.11. The molecule has 5 nitrogen and oxygen atoms in total. The number of carbonyl (C=O) groups excluding carboxylic acids is 1. The Balaban J connectivity index is 2.14. The van der Waals surface area contributed by atoms with E-state index in [0.29, 0.717) is 12.2 Å². The zero-order valence-corrected chi connectivity index (χ0v) is 11.7. The molecular formula is C13H13F2NO4S. The van der Waals surface area contributed by atoms with Crippen molar-refractivity contribution in [2.75, 3.05) is 11.5 Å². The van der Waals surface area contributed by atoms with Gasteiger partial charge in [-0.25, -0.2) is 4.79 Å². The van der Waals surface area contributed by atoms with Crippen LogP contribution in [-0.2, 0) is 4.79 Å². The van der Waals surface area contributed by atoms with Crippen LogP contribution in [0.5, 0.6) is 5.75 Å². The third-order valence-corrected chi connectivity index (χ3v) is 4.29. The van der Waals surface area contributed by atoms with Crippen LogP contribution in [0.3, 0.4) is 0 Å². The zero-order chi connectivity index (χ0) is 15.5. The molecule has 2 N–H and O–H groups in total. The minimum Gasteiger partial charge on any atom is -0.479 e. The normalized spacial score (nSPS) is 21.3. The monoisotopic (exact) mass is 317 g/mol. The summed E-state index contributed by atoms with van der Waals surface area (Å²) in [5.41, 5.74) is -1.23. The van der Waals surface area contributed by atoms with Gasteiger partial charge in [0.15, 0.2) is 0 Å². The van der Waals surface area contributed by atoms with E-state index in [9.17, 15) is 23.5 Å². The van der Waals surface area contributed by atoms with Crippen LogP contribution in [0.25, 0.3) is 0 Å². The number of halogens is 2. The maximum Gasteiger partial charge on any atom is 0.387 e. The molecule has 1 fully saturated rings. The molecule has 114 valence electrons. The van der Waals surface area contributed by atoms with Gasteiger partial charge in [0.25, 0.3) is 5.91 Å². The number of benzene rings is 1. The van der Waals surface area contributed by atoms with Crippen molar-refractivity contribution < 1.29 is 28.2 Å². The Hall–Kier alpha value is -1.83. The summed E-state index contributed by atoms with van der Waals surface area (Å²) in [4.78, 5) is 23.5. The number of rotatable bonds is 5. The van der Waals surface area contributed by atoms with Crippen molar-refractivity contribution in [3.8, 4) is 5.75 Å². The number of hydrogen-bond donors (Lipinski definition) is 2. The summed E-state index contributed by atoms with van der Waals surface area (Å²) in [7, 11) is 0. The molecule has 1 amide bonds. The highest BCUT2D eigenvalue weighted by Gasteiger charge is 2.43. The molecule has 1 saturated heterocycles. The molecule has 1 aromatic carbocycles. The third-order valence-electron chi connectivity index (χ3n) is 3.11. The number of carboxylic acid groups (broad SMARTS) is 1. The quantitative estimate of drug-likeness (QED) is 0.868. The molecule has 1 aliphatic rings. The van der Waals surface area contributed by atoms with Gasteiger partial charge in [-0.15, -0.1) is 0 Å². The third kappa shape index (κ3) is 3.63. The molecule has 2 rings (SSSR count). The van der Waals surface area contributed by atoms with Crippen LogP contribution in [0, 0.1) is 0 Å². The van der Waals surface area contributed by atoms with Gasteiger partial charge in [-0.05, 0) is 30.4 Å². The average Bonchev–Trinajstić information content (AvgIpc) is 2.88. The first kappa shape index (κ1) is 15.6. The minimum absolute atomic E-state index is 0.0747. The van der Waals surface area contributed by atoms with Gasteiger partial charge in [-0.2, -0.15) is 20.5 Å². The largest absolute Gasteiger partial charge is 0.479 e. The Morgan fingerprint density at radius 3 is 2.76 bits per heavy atom. The molecule has 1 heterocycles. The molecule has 1 aliphatic heterocycles. The summed E-state index contributed by atoms with van der Waals surface area (Å²) in [6, 6.07) is 5.25. The molecule has 0 bridgehead atoms. The second kappa shape index (κ2) is 6.30. The fourth-order valence-corrected chi connectivity index (χ4v) is 3.31. The van der Waals surface area contributed by atoms with Crippen LogP contribution in [0.2, 0.25) is 0 Å². The number of nitrogens with one attached hydrogen (secondary N) is 1. The standard InChI is InChI=1S/C13H13F2NO4S/c14-12(15)20-9-3-1-2-8(6-9)10(17)16-13(11(18)19)4-5-21-7-13/h1-3,6,12H,4-5,7H2,(H,16,17)(H,18,19). The van der Waals surface area contributed by atoms with E-state index in [4.69, 9.17) is 0 Å². The molecule has 21 heavy (non-hydrogen) atoms. The van der Waals surface area contributed by atoms with Crippen molar-refractivity contribution >= 4 is 23.6 Å². The van der Waals surface area contributed by atoms with Crippen LogP contribution in [0.1, 0.15) is 16.8 Å². The van der Waals surface area contributed by atoms with Crippen LogP contribution in [0.15, 0.2) is 24.3 Å². The SMILES string of the molecule is O=C(NC1(C(=O)O)CCSC1)c1cccc(OC(F)F)c1. The van der Waals surface area contributed by atoms with Gasteiger partial charge in [-0.1, -0.05) is 6.07 Å². The van der Waals surface area contributed by atoms with Crippen molar-refractivity contribution in [1.82, 2.24) is 5.32 Å². The van der Waals surface area contributed by atoms with E-state index in [1.807, 2.05) is 0 Å². The molecule has 1 atom stereocenters. The number of aliphatic carboxylic acids is 1. The lowest BCUT2D eigenvalue weighted by molar-refractivity contribution is -0.143. The van der Waals surface area contributed by atoms with Crippen LogP contribution in [0.4, 0.5) is 8.78 Å². The average molecular weight is 317 g/mol. The lowest BCUT2D eigenvalue weighted by atomic mass is 9.98. The first-order chi connectivity index (χ1) is 9.93. The Kier molecular flexibility index (Phi) is 4.66. The number of ether oxygens (including phenoxy) is 1. The summed E-state index contributed by atoms with van der Waals surface area (Å²) in [5, 5.41) is 11.8. The van der Waals surface area contributed by atoms with Crippen molar-refractivity contribution in [3.05, 3.63) is 29.8 Å². The minimum atomic E-state index is -2.99. The number of carbonyl (C=O) groups is 2. The van der Waals surface area contributed by atoms with E-state index in [2.05, 4.69) is 10.1 Å². The van der Waals surface area contributed by atoms with Crippen molar-refractivity contribution in [1.29, 1.82) is 0 Å². The predicted molar refractivity (Wildman–Crippen MR) is 72.8 cm³/mol.